The van der Waals surface area contributed by atoms with Crippen molar-refractivity contribution in [3.63, 3.8) is 0 Å². The Morgan fingerprint density at radius 3 is 2.82 bits per heavy atom. The Bertz CT molecular complexity index is 251. The fraction of sp³-hybridized carbons (Fsp3) is 0.143. The van der Waals surface area contributed by atoms with Gasteiger partial charge < -0.3 is 0 Å². The lowest BCUT2D eigenvalue weighted by molar-refractivity contribution is 1.37. The zero-order valence-corrected chi connectivity index (χ0v) is 7.36. The van der Waals surface area contributed by atoms with Crippen molar-refractivity contribution in [3.8, 4) is 0 Å². The Hall–Kier alpha value is -0.600. The van der Waals surface area contributed by atoms with Crippen molar-refractivity contribution in [2.75, 3.05) is 0 Å². The molecular formula is C7H8Cl2N2. The Kier molecular flexibility index (Phi) is 4.08. The van der Waals surface area contributed by atoms with Gasteiger partial charge in [-0.3, -0.25) is 0 Å². The molecule has 0 atom stereocenters. The molecule has 0 spiro atoms. The van der Waals surface area contributed by atoms with Gasteiger partial charge in [-0.15, -0.1) is 24.8 Å². The van der Waals surface area contributed by atoms with Crippen molar-refractivity contribution in [2.24, 2.45) is 9.98 Å². The molecular weight excluding hydrogens is 183 g/mol. The van der Waals surface area contributed by atoms with Crippen LogP contribution in [-0.4, -0.2) is 12.1 Å². The molecule has 0 bridgehead atoms. The number of hydrogen-bond donors (Lipinski definition) is 0. The molecule has 0 aromatic rings. The van der Waals surface area contributed by atoms with Crippen LogP contribution in [0.25, 0.3) is 0 Å². The first kappa shape index (κ1) is 10.4. The molecule has 0 aromatic carbocycles. The maximum Gasteiger partial charge on any atom is 0.116 e. The molecule has 0 radical (unpaired) electrons. The van der Waals surface area contributed by atoms with Gasteiger partial charge in [-0.2, -0.15) is 0 Å². The Morgan fingerprint density at radius 2 is 2.09 bits per heavy atom. The smallest absolute Gasteiger partial charge is 0.116 e. The first-order chi connectivity index (χ1) is 4.47. The third kappa shape index (κ3) is 1.91. The summed E-state index contributed by atoms with van der Waals surface area (Å²) in [7, 11) is 0. The van der Waals surface area contributed by atoms with Gasteiger partial charge >= 0.3 is 0 Å². The SMILES string of the molecule is C1=CCC2=NC=NC2=C1.Cl.Cl. The number of fused-ring (bicyclic) bond motifs is 1. The van der Waals surface area contributed by atoms with Crippen LogP contribution in [0.5, 0.6) is 0 Å². The highest BCUT2D eigenvalue weighted by Crippen LogP contribution is 2.13. The van der Waals surface area contributed by atoms with E-state index >= 15 is 0 Å². The van der Waals surface area contributed by atoms with Crippen molar-refractivity contribution >= 4 is 36.9 Å². The lowest BCUT2D eigenvalue weighted by Gasteiger charge is -1.99. The summed E-state index contributed by atoms with van der Waals surface area (Å²) in [6.45, 7) is 0. The van der Waals surface area contributed by atoms with Crippen LogP contribution in [-0.2, 0) is 0 Å². The molecule has 1 heterocycles. The molecule has 0 saturated heterocycles. The van der Waals surface area contributed by atoms with Gasteiger partial charge in [0.05, 0.1) is 11.4 Å². The van der Waals surface area contributed by atoms with Gasteiger partial charge in [-0.25, -0.2) is 9.98 Å². The minimum absolute atomic E-state index is 0. The highest BCUT2D eigenvalue weighted by atomic mass is 35.5. The van der Waals surface area contributed by atoms with E-state index < -0.39 is 0 Å². The Balaban J connectivity index is 0.000000500. The summed E-state index contributed by atoms with van der Waals surface area (Å²) in [6, 6.07) is 0. The van der Waals surface area contributed by atoms with Crippen LogP contribution in [0.4, 0.5) is 0 Å². The molecule has 11 heavy (non-hydrogen) atoms. The molecule has 2 aliphatic rings. The van der Waals surface area contributed by atoms with E-state index in [0.29, 0.717) is 0 Å². The number of allylic oxidation sites excluding steroid dienone is 4. The van der Waals surface area contributed by atoms with Crippen molar-refractivity contribution in [1.82, 2.24) is 0 Å². The average Bonchev–Trinajstić information content (AvgIpc) is 2.33. The quantitative estimate of drug-likeness (QED) is 0.560. The van der Waals surface area contributed by atoms with Crippen molar-refractivity contribution in [3.05, 3.63) is 23.9 Å². The largest absolute Gasteiger partial charge is 0.239 e. The Labute approximate surface area is 77.6 Å². The standard InChI is InChI=1S/C7H6N2.2ClH/c1-2-4-7-6(3-1)8-5-9-7;;/h1-3,5H,4H2;2*1H. The molecule has 0 amide bonds. The lowest BCUT2D eigenvalue weighted by atomic mass is 10.1. The van der Waals surface area contributed by atoms with Gasteiger partial charge in [0.1, 0.15) is 6.34 Å². The number of hydrogen-bond acceptors (Lipinski definition) is 2. The van der Waals surface area contributed by atoms with E-state index in [2.05, 4.69) is 16.1 Å². The molecule has 1 aliphatic carbocycles. The highest BCUT2D eigenvalue weighted by molar-refractivity contribution is 6.09. The molecule has 0 saturated carbocycles. The zero-order chi connectivity index (χ0) is 6.10. The first-order valence-corrected chi connectivity index (χ1v) is 2.93. The Morgan fingerprint density at radius 1 is 1.27 bits per heavy atom. The second-order valence-electron chi connectivity index (χ2n) is 2.00. The molecule has 2 rings (SSSR count). The van der Waals surface area contributed by atoms with E-state index in [1.165, 1.54) is 0 Å². The molecule has 60 valence electrons. The first-order valence-electron chi connectivity index (χ1n) is 2.93. The zero-order valence-electron chi connectivity index (χ0n) is 5.73. The predicted molar refractivity (Wildman–Crippen MR) is 52.3 cm³/mol. The number of halogens is 2. The average molecular weight is 191 g/mol. The summed E-state index contributed by atoms with van der Waals surface area (Å²) in [5, 5.41) is 0. The van der Waals surface area contributed by atoms with Gasteiger partial charge in [0, 0.05) is 6.42 Å². The third-order valence-electron chi connectivity index (χ3n) is 1.41. The van der Waals surface area contributed by atoms with Crippen LogP contribution in [0.1, 0.15) is 6.42 Å². The summed E-state index contributed by atoms with van der Waals surface area (Å²) in [4.78, 5) is 8.10. The molecule has 0 fully saturated rings. The molecule has 1 aliphatic heterocycles. The maximum atomic E-state index is 4.06. The second kappa shape index (κ2) is 4.31. The van der Waals surface area contributed by atoms with Crippen molar-refractivity contribution in [1.29, 1.82) is 0 Å². The van der Waals surface area contributed by atoms with Crippen molar-refractivity contribution < 1.29 is 0 Å². The van der Waals surface area contributed by atoms with E-state index in [1.807, 2.05) is 12.2 Å². The van der Waals surface area contributed by atoms with Gasteiger partial charge in [0.25, 0.3) is 0 Å². The molecule has 0 aromatic heterocycles. The molecule has 0 unspecified atom stereocenters. The van der Waals surface area contributed by atoms with Crippen LogP contribution in [0.3, 0.4) is 0 Å². The van der Waals surface area contributed by atoms with Crippen LogP contribution >= 0.6 is 24.8 Å². The van der Waals surface area contributed by atoms with E-state index in [0.717, 1.165) is 17.8 Å². The monoisotopic (exact) mass is 190 g/mol. The van der Waals surface area contributed by atoms with E-state index in [9.17, 15) is 0 Å². The molecule has 0 N–H and O–H groups in total. The van der Waals surface area contributed by atoms with Crippen LogP contribution in [0, 0.1) is 0 Å². The van der Waals surface area contributed by atoms with E-state index in [1.54, 1.807) is 6.34 Å². The summed E-state index contributed by atoms with van der Waals surface area (Å²) in [5.41, 5.74) is 2.12. The second-order valence-corrected chi connectivity index (χ2v) is 2.00. The van der Waals surface area contributed by atoms with Crippen LogP contribution in [0.15, 0.2) is 33.9 Å². The van der Waals surface area contributed by atoms with Gasteiger partial charge in [0.15, 0.2) is 0 Å². The van der Waals surface area contributed by atoms with Gasteiger partial charge in [-0.1, -0.05) is 12.2 Å². The summed E-state index contributed by atoms with van der Waals surface area (Å²) in [5.74, 6) is 0. The summed E-state index contributed by atoms with van der Waals surface area (Å²) in [6.07, 6.45) is 8.61. The minimum atomic E-state index is 0. The third-order valence-corrected chi connectivity index (χ3v) is 1.41. The lowest BCUT2D eigenvalue weighted by Crippen LogP contribution is -1.97. The fourth-order valence-electron chi connectivity index (χ4n) is 0.937. The maximum absolute atomic E-state index is 4.06. The molecule has 4 heteroatoms. The highest BCUT2D eigenvalue weighted by Gasteiger charge is 2.09. The number of aliphatic imine (C=N–C) groups is 2. The van der Waals surface area contributed by atoms with E-state index in [4.69, 9.17) is 0 Å². The van der Waals surface area contributed by atoms with Crippen molar-refractivity contribution in [2.45, 2.75) is 6.42 Å². The minimum Gasteiger partial charge on any atom is -0.239 e. The number of rotatable bonds is 0. The van der Waals surface area contributed by atoms with Gasteiger partial charge in [-0.05, 0) is 6.08 Å². The number of nitrogens with zero attached hydrogens (tertiary/aromatic N) is 2. The summed E-state index contributed by atoms with van der Waals surface area (Å²) >= 11 is 0. The molecule has 2 nitrogen and oxygen atoms in total. The van der Waals surface area contributed by atoms with E-state index in [-0.39, 0.29) is 24.8 Å². The predicted octanol–water partition coefficient (Wildman–Crippen LogP) is 2.16. The normalized spacial score (nSPS) is 17.5. The van der Waals surface area contributed by atoms with Crippen LogP contribution in [0.2, 0.25) is 0 Å². The fourth-order valence-corrected chi connectivity index (χ4v) is 0.937. The summed E-state index contributed by atoms with van der Waals surface area (Å²) < 4.78 is 0. The van der Waals surface area contributed by atoms with Gasteiger partial charge in [0.2, 0.25) is 0 Å². The van der Waals surface area contributed by atoms with Crippen LogP contribution < -0.4 is 0 Å². The topological polar surface area (TPSA) is 24.7 Å².